The number of nitrogens with zero attached hydrogens (tertiary/aromatic N) is 1. The maximum atomic E-state index is 12.1. The van der Waals surface area contributed by atoms with Crippen LogP contribution in [0.5, 0.6) is 0 Å². The van der Waals surface area contributed by atoms with E-state index in [0.717, 1.165) is 0 Å². The molecule has 2 aliphatic rings. The third-order valence-electron chi connectivity index (χ3n) is 3.61. The summed E-state index contributed by atoms with van der Waals surface area (Å²) in [5.74, 6) is -1.18. The van der Waals surface area contributed by atoms with Gasteiger partial charge in [-0.15, -0.1) is 0 Å². The lowest BCUT2D eigenvalue weighted by Crippen LogP contribution is -2.52. The molecule has 2 heterocycles. The Bertz CT molecular complexity index is 330. The van der Waals surface area contributed by atoms with E-state index < -0.39 is 17.7 Å². The molecule has 16 heavy (non-hydrogen) atoms. The summed E-state index contributed by atoms with van der Waals surface area (Å²) in [5, 5.41) is 9.11. The van der Waals surface area contributed by atoms with Crippen molar-refractivity contribution in [1.82, 2.24) is 4.90 Å². The summed E-state index contributed by atoms with van der Waals surface area (Å²) in [4.78, 5) is 24.7. The molecule has 0 aliphatic carbocycles. The van der Waals surface area contributed by atoms with Gasteiger partial charge < -0.3 is 14.7 Å². The van der Waals surface area contributed by atoms with Crippen molar-refractivity contribution >= 4 is 11.9 Å². The highest BCUT2D eigenvalue weighted by Gasteiger charge is 2.51. The van der Waals surface area contributed by atoms with Crippen LogP contribution < -0.4 is 0 Å². The normalized spacial score (nSPS) is 39.4. The van der Waals surface area contributed by atoms with Gasteiger partial charge in [0.15, 0.2) is 0 Å². The van der Waals surface area contributed by atoms with Crippen LogP contribution in [0, 0.1) is 5.92 Å². The van der Waals surface area contributed by atoms with Gasteiger partial charge in [-0.05, 0) is 26.2 Å². The number of ether oxygens (including phenoxy) is 1. The summed E-state index contributed by atoms with van der Waals surface area (Å²) in [6.45, 7) is 4.16. The van der Waals surface area contributed by atoms with Crippen molar-refractivity contribution in [2.75, 3.05) is 6.61 Å². The van der Waals surface area contributed by atoms with E-state index in [1.165, 1.54) is 4.90 Å². The SMILES string of the molecule is CC1CCO[C@@]2(C)CCC(C(=O)O)N2C1=O. The molecule has 0 radical (unpaired) electrons. The average Bonchev–Trinajstić information content (AvgIpc) is 2.50. The van der Waals surface area contributed by atoms with Crippen LogP contribution in [0.15, 0.2) is 0 Å². The highest BCUT2D eigenvalue weighted by molar-refractivity contribution is 5.86. The summed E-state index contributed by atoms with van der Waals surface area (Å²) in [5.41, 5.74) is -0.717. The van der Waals surface area contributed by atoms with Crippen LogP contribution in [-0.4, -0.2) is 40.3 Å². The van der Waals surface area contributed by atoms with Gasteiger partial charge in [-0.3, -0.25) is 4.79 Å². The first-order valence-corrected chi connectivity index (χ1v) is 5.65. The van der Waals surface area contributed by atoms with Gasteiger partial charge in [-0.1, -0.05) is 6.92 Å². The van der Waals surface area contributed by atoms with Gasteiger partial charge in [0.2, 0.25) is 5.91 Å². The molecule has 0 bridgehead atoms. The van der Waals surface area contributed by atoms with E-state index >= 15 is 0 Å². The van der Waals surface area contributed by atoms with Crippen LogP contribution in [0.3, 0.4) is 0 Å². The zero-order chi connectivity index (χ0) is 11.9. The Balaban J connectivity index is 2.34. The summed E-state index contributed by atoms with van der Waals surface area (Å²) >= 11 is 0. The number of amides is 1. The minimum Gasteiger partial charge on any atom is -0.480 e. The molecule has 1 amide bonds. The Morgan fingerprint density at radius 1 is 1.56 bits per heavy atom. The first-order valence-electron chi connectivity index (χ1n) is 5.65. The van der Waals surface area contributed by atoms with Gasteiger partial charge in [0.25, 0.3) is 0 Å². The van der Waals surface area contributed by atoms with E-state index in [1.807, 2.05) is 13.8 Å². The summed E-state index contributed by atoms with van der Waals surface area (Å²) in [6, 6.07) is -0.724. The molecule has 0 aromatic rings. The summed E-state index contributed by atoms with van der Waals surface area (Å²) in [6.07, 6.45) is 1.74. The highest BCUT2D eigenvalue weighted by atomic mass is 16.5. The molecule has 0 aromatic carbocycles. The highest BCUT2D eigenvalue weighted by Crippen LogP contribution is 2.38. The predicted octanol–water partition coefficient (Wildman–Crippen LogP) is 0.835. The second-order valence-electron chi connectivity index (χ2n) is 4.81. The number of aliphatic carboxylic acids is 1. The molecule has 1 N–H and O–H groups in total. The maximum Gasteiger partial charge on any atom is 0.326 e. The lowest BCUT2D eigenvalue weighted by atomic mass is 10.1. The van der Waals surface area contributed by atoms with Crippen molar-refractivity contribution in [2.45, 2.75) is 44.9 Å². The van der Waals surface area contributed by atoms with Crippen molar-refractivity contribution in [3.05, 3.63) is 0 Å². The van der Waals surface area contributed by atoms with Gasteiger partial charge in [-0.25, -0.2) is 4.79 Å². The molecule has 90 valence electrons. The molecule has 0 aromatic heterocycles. The zero-order valence-corrected chi connectivity index (χ0v) is 9.60. The molecule has 2 aliphatic heterocycles. The van der Waals surface area contributed by atoms with E-state index in [9.17, 15) is 9.59 Å². The fraction of sp³-hybridized carbons (Fsp3) is 0.818. The number of carboxylic acids is 1. The van der Waals surface area contributed by atoms with Gasteiger partial charge in [-0.2, -0.15) is 0 Å². The van der Waals surface area contributed by atoms with Crippen LogP contribution >= 0.6 is 0 Å². The van der Waals surface area contributed by atoms with Crippen LogP contribution in [0.4, 0.5) is 0 Å². The van der Waals surface area contributed by atoms with Crippen molar-refractivity contribution in [1.29, 1.82) is 0 Å². The minimum absolute atomic E-state index is 0.0927. The predicted molar refractivity (Wildman–Crippen MR) is 55.6 cm³/mol. The number of rotatable bonds is 1. The second-order valence-corrected chi connectivity index (χ2v) is 4.81. The Morgan fingerprint density at radius 3 is 2.88 bits per heavy atom. The van der Waals surface area contributed by atoms with Gasteiger partial charge in [0, 0.05) is 5.92 Å². The van der Waals surface area contributed by atoms with Crippen molar-refractivity contribution in [3.63, 3.8) is 0 Å². The summed E-state index contributed by atoms with van der Waals surface area (Å²) < 4.78 is 5.68. The third-order valence-corrected chi connectivity index (χ3v) is 3.61. The second kappa shape index (κ2) is 3.73. The van der Waals surface area contributed by atoms with Crippen molar-refractivity contribution < 1.29 is 19.4 Å². The smallest absolute Gasteiger partial charge is 0.326 e. The zero-order valence-electron chi connectivity index (χ0n) is 9.60. The van der Waals surface area contributed by atoms with Crippen molar-refractivity contribution in [2.24, 2.45) is 5.92 Å². The van der Waals surface area contributed by atoms with E-state index in [4.69, 9.17) is 9.84 Å². The van der Waals surface area contributed by atoms with E-state index in [0.29, 0.717) is 25.9 Å². The van der Waals surface area contributed by atoms with Crippen LogP contribution in [0.25, 0.3) is 0 Å². The number of fused-ring (bicyclic) bond motifs is 1. The lowest BCUT2D eigenvalue weighted by molar-refractivity contribution is -0.169. The third kappa shape index (κ3) is 1.59. The molecular weight excluding hydrogens is 210 g/mol. The molecule has 3 atom stereocenters. The van der Waals surface area contributed by atoms with Crippen molar-refractivity contribution in [3.8, 4) is 0 Å². The first-order chi connectivity index (χ1) is 7.46. The fourth-order valence-corrected chi connectivity index (χ4v) is 2.56. The van der Waals surface area contributed by atoms with E-state index in [1.54, 1.807) is 0 Å². The molecule has 2 saturated heterocycles. The van der Waals surface area contributed by atoms with Crippen LogP contribution in [-0.2, 0) is 14.3 Å². The van der Waals surface area contributed by atoms with E-state index in [2.05, 4.69) is 0 Å². The molecule has 0 saturated carbocycles. The van der Waals surface area contributed by atoms with Gasteiger partial charge in [0.1, 0.15) is 11.8 Å². The largest absolute Gasteiger partial charge is 0.480 e. The minimum atomic E-state index is -0.935. The van der Waals surface area contributed by atoms with Gasteiger partial charge in [0.05, 0.1) is 6.61 Å². The lowest BCUT2D eigenvalue weighted by Gasteiger charge is -2.35. The van der Waals surface area contributed by atoms with Crippen LogP contribution in [0.2, 0.25) is 0 Å². The Kier molecular flexibility index (Phi) is 2.66. The number of carbonyl (C=O) groups is 2. The quantitative estimate of drug-likeness (QED) is 0.720. The Labute approximate surface area is 94.4 Å². The number of hydrogen-bond acceptors (Lipinski definition) is 3. The van der Waals surface area contributed by atoms with E-state index in [-0.39, 0.29) is 11.8 Å². The standard InChI is InChI=1S/C11H17NO4/c1-7-4-6-16-11(2)5-3-8(10(14)15)12(11)9(7)13/h7-8H,3-6H2,1-2H3,(H,14,15)/t7?,8?,11-/m0/s1. The number of hydrogen-bond donors (Lipinski definition) is 1. The number of carboxylic acid groups (broad SMARTS) is 1. The molecule has 5 nitrogen and oxygen atoms in total. The van der Waals surface area contributed by atoms with Crippen LogP contribution in [0.1, 0.15) is 33.1 Å². The maximum absolute atomic E-state index is 12.1. The molecular formula is C11H17NO4. The molecule has 2 unspecified atom stereocenters. The fourth-order valence-electron chi connectivity index (χ4n) is 2.56. The Hall–Kier alpha value is -1.10. The topological polar surface area (TPSA) is 66.8 Å². The summed E-state index contributed by atoms with van der Waals surface area (Å²) in [7, 11) is 0. The first kappa shape index (κ1) is 11.4. The molecule has 5 heteroatoms. The number of carbonyl (C=O) groups excluding carboxylic acids is 1. The van der Waals surface area contributed by atoms with Gasteiger partial charge >= 0.3 is 5.97 Å². The molecule has 0 spiro atoms. The molecule has 2 fully saturated rings. The average molecular weight is 227 g/mol. The molecule has 2 rings (SSSR count). The monoisotopic (exact) mass is 227 g/mol. The Morgan fingerprint density at radius 2 is 2.25 bits per heavy atom.